The van der Waals surface area contributed by atoms with Crippen LogP contribution in [0.3, 0.4) is 0 Å². The molecule has 0 amide bonds. The highest BCUT2D eigenvalue weighted by Gasteiger charge is 2.12. The zero-order chi connectivity index (χ0) is 16.8. The highest BCUT2D eigenvalue weighted by molar-refractivity contribution is 5.90. The lowest BCUT2D eigenvalue weighted by molar-refractivity contribution is 0.0471. The Morgan fingerprint density at radius 2 is 1.61 bits per heavy atom. The summed E-state index contributed by atoms with van der Waals surface area (Å²) >= 11 is 0. The Morgan fingerprint density at radius 3 is 2.13 bits per heavy atom. The Labute approximate surface area is 133 Å². The third-order valence-electron chi connectivity index (χ3n) is 3.17. The summed E-state index contributed by atoms with van der Waals surface area (Å²) in [6.45, 7) is -0.0563. The van der Waals surface area contributed by atoms with E-state index in [1.165, 1.54) is 33.5 Å². The number of methoxy groups -OCH3 is 3. The number of hydrogen-bond donors (Lipinski definition) is 0. The van der Waals surface area contributed by atoms with Crippen molar-refractivity contribution >= 4 is 5.97 Å². The molecule has 0 heterocycles. The Balaban J connectivity index is 2.09. The number of rotatable bonds is 6. The number of esters is 1. The van der Waals surface area contributed by atoms with Crippen molar-refractivity contribution in [2.75, 3.05) is 21.3 Å². The molecule has 0 N–H and O–H groups in total. The van der Waals surface area contributed by atoms with Gasteiger partial charge < -0.3 is 18.9 Å². The van der Waals surface area contributed by atoms with Gasteiger partial charge in [0.15, 0.2) is 11.6 Å². The maximum Gasteiger partial charge on any atom is 0.338 e. The van der Waals surface area contributed by atoms with Crippen molar-refractivity contribution < 1.29 is 28.1 Å². The molecule has 0 saturated carbocycles. The molecule has 6 heteroatoms. The van der Waals surface area contributed by atoms with Gasteiger partial charge in [0, 0.05) is 6.07 Å². The predicted octanol–water partition coefficient (Wildman–Crippen LogP) is 3.21. The molecule has 0 saturated heterocycles. The second kappa shape index (κ2) is 7.49. The molecule has 0 aliphatic heterocycles. The minimum absolute atomic E-state index is 0.0563. The third kappa shape index (κ3) is 4.12. The lowest BCUT2D eigenvalue weighted by Crippen LogP contribution is -2.06. The van der Waals surface area contributed by atoms with Crippen molar-refractivity contribution in [3.8, 4) is 17.2 Å². The van der Waals surface area contributed by atoms with E-state index in [-0.39, 0.29) is 17.9 Å². The minimum Gasteiger partial charge on any atom is -0.497 e. The van der Waals surface area contributed by atoms with Crippen molar-refractivity contribution in [2.24, 2.45) is 0 Å². The molecule has 0 spiro atoms. The normalized spacial score (nSPS) is 10.1. The monoisotopic (exact) mass is 320 g/mol. The van der Waals surface area contributed by atoms with Crippen LogP contribution in [0.4, 0.5) is 4.39 Å². The summed E-state index contributed by atoms with van der Waals surface area (Å²) in [5.74, 6) is 0.0266. The van der Waals surface area contributed by atoms with E-state index < -0.39 is 11.8 Å². The molecule has 23 heavy (non-hydrogen) atoms. The van der Waals surface area contributed by atoms with Crippen LogP contribution in [-0.4, -0.2) is 27.3 Å². The summed E-state index contributed by atoms with van der Waals surface area (Å²) in [4.78, 5) is 12.1. The fourth-order valence-electron chi connectivity index (χ4n) is 1.96. The van der Waals surface area contributed by atoms with Gasteiger partial charge in [-0.1, -0.05) is 6.07 Å². The van der Waals surface area contributed by atoms with Crippen LogP contribution in [0.1, 0.15) is 15.9 Å². The lowest BCUT2D eigenvalue weighted by Gasteiger charge is -2.09. The van der Waals surface area contributed by atoms with Gasteiger partial charge in [0.05, 0.1) is 26.9 Å². The molecule has 0 bridgehead atoms. The first-order valence-corrected chi connectivity index (χ1v) is 6.80. The molecule has 0 radical (unpaired) electrons. The molecular weight excluding hydrogens is 303 g/mol. The van der Waals surface area contributed by atoms with E-state index >= 15 is 0 Å². The van der Waals surface area contributed by atoms with E-state index in [0.29, 0.717) is 17.1 Å². The van der Waals surface area contributed by atoms with Gasteiger partial charge in [-0.25, -0.2) is 9.18 Å². The van der Waals surface area contributed by atoms with Crippen molar-refractivity contribution in [3.63, 3.8) is 0 Å². The van der Waals surface area contributed by atoms with Crippen LogP contribution in [0.25, 0.3) is 0 Å². The molecule has 0 atom stereocenters. The Hall–Kier alpha value is -2.76. The second-order valence-corrected chi connectivity index (χ2v) is 4.65. The van der Waals surface area contributed by atoms with E-state index in [0.717, 1.165) is 0 Å². The molecule has 0 fully saturated rings. The molecule has 2 aromatic rings. The van der Waals surface area contributed by atoms with Crippen molar-refractivity contribution in [3.05, 3.63) is 53.3 Å². The molecule has 2 rings (SSSR count). The number of benzene rings is 2. The maximum atomic E-state index is 13.6. The summed E-state index contributed by atoms with van der Waals surface area (Å²) in [6.07, 6.45) is 0. The largest absolute Gasteiger partial charge is 0.497 e. The number of carbonyl (C=O) groups is 1. The number of ether oxygens (including phenoxy) is 4. The first-order valence-electron chi connectivity index (χ1n) is 6.80. The highest BCUT2D eigenvalue weighted by atomic mass is 19.1. The van der Waals surface area contributed by atoms with Crippen LogP contribution in [0, 0.1) is 5.82 Å². The maximum absolute atomic E-state index is 13.6. The first-order chi connectivity index (χ1) is 11.1. The molecule has 0 aliphatic carbocycles. The standard InChI is InChI=1S/C17H17FO5/c1-20-13-7-12(8-14(9-13)21-2)17(19)23-10-11-4-5-16(22-3)15(18)6-11/h4-9H,10H2,1-3H3. The fourth-order valence-corrected chi connectivity index (χ4v) is 1.96. The zero-order valence-corrected chi connectivity index (χ0v) is 13.1. The Morgan fingerprint density at radius 1 is 0.957 bits per heavy atom. The van der Waals surface area contributed by atoms with Gasteiger partial charge in [0.2, 0.25) is 0 Å². The zero-order valence-electron chi connectivity index (χ0n) is 13.1. The van der Waals surface area contributed by atoms with Crippen LogP contribution >= 0.6 is 0 Å². The summed E-state index contributed by atoms with van der Waals surface area (Å²) in [6, 6.07) is 9.10. The fraction of sp³-hybridized carbons (Fsp3) is 0.235. The van der Waals surface area contributed by atoms with Gasteiger partial charge in [-0.2, -0.15) is 0 Å². The van der Waals surface area contributed by atoms with E-state index in [1.807, 2.05) is 0 Å². The average molecular weight is 320 g/mol. The summed E-state index contributed by atoms with van der Waals surface area (Å²) < 4.78 is 33.8. The van der Waals surface area contributed by atoms with E-state index in [1.54, 1.807) is 24.3 Å². The molecule has 0 unspecified atom stereocenters. The summed E-state index contributed by atoms with van der Waals surface area (Å²) in [7, 11) is 4.36. The topological polar surface area (TPSA) is 54.0 Å². The van der Waals surface area contributed by atoms with E-state index in [2.05, 4.69) is 0 Å². The second-order valence-electron chi connectivity index (χ2n) is 4.65. The molecule has 0 aromatic heterocycles. The lowest BCUT2D eigenvalue weighted by atomic mass is 10.2. The quantitative estimate of drug-likeness (QED) is 0.765. The molecule has 122 valence electrons. The minimum atomic E-state index is -0.557. The predicted molar refractivity (Wildman–Crippen MR) is 81.6 cm³/mol. The van der Waals surface area contributed by atoms with Gasteiger partial charge in [0.1, 0.15) is 18.1 Å². The molecule has 2 aromatic carbocycles. The summed E-state index contributed by atoms with van der Waals surface area (Å²) in [5, 5.41) is 0. The van der Waals surface area contributed by atoms with Crippen molar-refractivity contribution in [1.29, 1.82) is 0 Å². The van der Waals surface area contributed by atoms with Crippen molar-refractivity contribution in [1.82, 2.24) is 0 Å². The highest BCUT2D eigenvalue weighted by Crippen LogP contribution is 2.23. The number of carbonyl (C=O) groups excluding carboxylic acids is 1. The van der Waals surface area contributed by atoms with Crippen LogP contribution in [0.2, 0.25) is 0 Å². The van der Waals surface area contributed by atoms with Crippen LogP contribution in [-0.2, 0) is 11.3 Å². The molecule has 5 nitrogen and oxygen atoms in total. The van der Waals surface area contributed by atoms with Gasteiger partial charge in [-0.3, -0.25) is 0 Å². The van der Waals surface area contributed by atoms with Gasteiger partial charge in [-0.05, 0) is 29.8 Å². The van der Waals surface area contributed by atoms with Gasteiger partial charge >= 0.3 is 5.97 Å². The average Bonchev–Trinajstić information content (AvgIpc) is 2.59. The first kappa shape index (κ1) is 16.6. The van der Waals surface area contributed by atoms with Crippen LogP contribution < -0.4 is 14.2 Å². The molecule has 0 aliphatic rings. The van der Waals surface area contributed by atoms with E-state index in [4.69, 9.17) is 18.9 Å². The van der Waals surface area contributed by atoms with Gasteiger partial charge in [-0.15, -0.1) is 0 Å². The summed E-state index contributed by atoms with van der Waals surface area (Å²) in [5.41, 5.74) is 0.807. The molecular formula is C17H17FO5. The van der Waals surface area contributed by atoms with Crippen molar-refractivity contribution in [2.45, 2.75) is 6.61 Å². The smallest absolute Gasteiger partial charge is 0.338 e. The SMILES string of the molecule is COc1cc(OC)cc(C(=O)OCc2ccc(OC)c(F)c2)c1. The van der Waals surface area contributed by atoms with E-state index in [9.17, 15) is 9.18 Å². The third-order valence-corrected chi connectivity index (χ3v) is 3.17. The Kier molecular flexibility index (Phi) is 5.41. The Bertz CT molecular complexity index is 677. The van der Waals surface area contributed by atoms with Crippen LogP contribution in [0.15, 0.2) is 36.4 Å². The number of hydrogen-bond acceptors (Lipinski definition) is 5. The number of halogens is 1. The van der Waals surface area contributed by atoms with Crippen LogP contribution in [0.5, 0.6) is 17.2 Å². The van der Waals surface area contributed by atoms with Gasteiger partial charge in [0.25, 0.3) is 0 Å².